The molecule has 0 saturated carbocycles. The van der Waals surface area contributed by atoms with Gasteiger partial charge in [0.2, 0.25) is 6.79 Å². The molecule has 0 aromatic heterocycles. The number of rotatable bonds is 7. The molecule has 1 heterocycles. The van der Waals surface area contributed by atoms with Gasteiger partial charge in [-0.05, 0) is 36.8 Å². The molecule has 1 amide bonds. The Morgan fingerprint density at radius 3 is 2.71 bits per heavy atom. The second-order valence-corrected chi connectivity index (χ2v) is 7.79. The molecule has 1 aliphatic rings. The molecule has 2 aromatic carbocycles. The summed E-state index contributed by atoms with van der Waals surface area (Å²) < 4.78 is 27.9. The fourth-order valence-electron chi connectivity index (χ4n) is 2.65. The first-order chi connectivity index (χ1) is 13.5. The third kappa shape index (κ3) is 4.51. The van der Waals surface area contributed by atoms with Gasteiger partial charge in [0.1, 0.15) is 0 Å². The lowest BCUT2D eigenvalue weighted by Gasteiger charge is -2.15. The average molecular weight is 403 g/mol. The lowest BCUT2D eigenvalue weighted by Crippen LogP contribution is -2.35. The Kier molecular flexibility index (Phi) is 6.30. The van der Waals surface area contributed by atoms with Crippen molar-refractivity contribution in [3.63, 3.8) is 0 Å². The van der Waals surface area contributed by atoms with E-state index < -0.39 is 28.8 Å². The minimum Gasteiger partial charge on any atom is -0.454 e. The van der Waals surface area contributed by atoms with Crippen LogP contribution in [0.1, 0.15) is 29.8 Å². The van der Waals surface area contributed by atoms with Gasteiger partial charge in [-0.2, -0.15) is 0 Å². The van der Waals surface area contributed by atoms with Crippen molar-refractivity contribution in [1.29, 1.82) is 0 Å². The van der Waals surface area contributed by atoms with Gasteiger partial charge in [0.05, 0.1) is 21.3 Å². The van der Waals surface area contributed by atoms with Gasteiger partial charge in [0, 0.05) is 12.3 Å². The molecule has 0 spiro atoms. The number of hydrogen-bond acceptors (Lipinski definition) is 6. The maximum Gasteiger partial charge on any atom is 0.340 e. The Morgan fingerprint density at radius 2 is 1.93 bits per heavy atom. The van der Waals surface area contributed by atoms with Crippen LogP contribution in [0.4, 0.5) is 0 Å². The summed E-state index contributed by atoms with van der Waals surface area (Å²) in [4.78, 5) is 25.1. The van der Waals surface area contributed by atoms with Gasteiger partial charge in [0.15, 0.2) is 17.6 Å². The molecule has 1 aliphatic heterocycles. The Hall–Kier alpha value is -2.87. The van der Waals surface area contributed by atoms with Gasteiger partial charge in [-0.3, -0.25) is 9.00 Å². The van der Waals surface area contributed by atoms with E-state index in [0.717, 1.165) is 5.56 Å². The van der Waals surface area contributed by atoms with Crippen molar-refractivity contribution in [1.82, 2.24) is 5.32 Å². The van der Waals surface area contributed by atoms with Crippen LogP contribution in [0, 0.1) is 0 Å². The van der Waals surface area contributed by atoms with Gasteiger partial charge >= 0.3 is 5.97 Å². The lowest BCUT2D eigenvalue weighted by molar-refractivity contribution is -0.129. The molecule has 0 fully saturated rings. The van der Waals surface area contributed by atoms with Crippen molar-refractivity contribution >= 4 is 22.7 Å². The molecular weight excluding hydrogens is 382 g/mol. The summed E-state index contributed by atoms with van der Waals surface area (Å²) in [5.41, 5.74) is 1.04. The molecule has 0 aliphatic carbocycles. The van der Waals surface area contributed by atoms with Crippen molar-refractivity contribution in [3.8, 4) is 11.5 Å². The highest BCUT2D eigenvalue weighted by molar-refractivity contribution is 7.85. The van der Waals surface area contributed by atoms with Crippen LogP contribution >= 0.6 is 0 Å². The number of ether oxygens (including phenoxy) is 3. The average Bonchev–Trinajstić information content (AvgIpc) is 3.19. The predicted octanol–water partition coefficient (Wildman–Crippen LogP) is 2.40. The fraction of sp³-hybridized carbons (Fsp3) is 0.300. The number of carbonyl (C=O) groups excluding carboxylic acids is 2. The first-order valence-corrected chi connectivity index (χ1v) is 10.2. The van der Waals surface area contributed by atoms with E-state index in [1.54, 1.807) is 43.3 Å². The van der Waals surface area contributed by atoms with E-state index in [2.05, 4.69) is 5.32 Å². The molecule has 0 bridgehead atoms. The summed E-state index contributed by atoms with van der Waals surface area (Å²) >= 11 is 0. The minimum absolute atomic E-state index is 0.183. The van der Waals surface area contributed by atoms with Gasteiger partial charge < -0.3 is 19.5 Å². The molecule has 1 N–H and O–H groups in total. The summed E-state index contributed by atoms with van der Waals surface area (Å²) in [6.45, 7) is 3.70. The fourth-order valence-corrected chi connectivity index (χ4v) is 3.59. The summed E-state index contributed by atoms with van der Waals surface area (Å²) in [7, 11) is -1.30. The molecule has 8 heteroatoms. The monoisotopic (exact) mass is 403 g/mol. The number of benzene rings is 2. The van der Waals surface area contributed by atoms with Crippen molar-refractivity contribution < 1.29 is 28.0 Å². The lowest BCUT2D eigenvalue weighted by atomic mass is 10.2. The maximum atomic E-state index is 12.4. The van der Waals surface area contributed by atoms with Crippen LogP contribution < -0.4 is 14.8 Å². The predicted molar refractivity (Wildman–Crippen MR) is 103 cm³/mol. The quantitative estimate of drug-likeness (QED) is 0.714. The number of fused-ring (bicyclic) bond motifs is 1. The highest BCUT2D eigenvalue weighted by Crippen LogP contribution is 2.32. The van der Waals surface area contributed by atoms with Crippen LogP contribution in [0.3, 0.4) is 0 Å². The van der Waals surface area contributed by atoms with E-state index in [4.69, 9.17) is 14.2 Å². The molecule has 2 atom stereocenters. The van der Waals surface area contributed by atoms with Crippen LogP contribution in [-0.2, 0) is 26.9 Å². The number of hydrogen-bond donors (Lipinski definition) is 1. The number of amides is 1. The summed E-state index contributed by atoms with van der Waals surface area (Å²) in [5.74, 6) is 0.575. The number of carbonyl (C=O) groups is 2. The molecule has 0 saturated heterocycles. The van der Waals surface area contributed by atoms with Crippen LogP contribution in [0.15, 0.2) is 47.4 Å². The highest BCUT2D eigenvalue weighted by Gasteiger charge is 2.22. The van der Waals surface area contributed by atoms with E-state index in [-0.39, 0.29) is 18.9 Å². The van der Waals surface area contributed by atoms with Crippen molar-refractivity contribution in [2.45, 2.75) is 31.4 Å². The molecule has 0 unspecified atom stereocenters. The number of esters is 1. The zero-order valence-corrected chi connectivity index (χ0v) is 16.4. The molecule has 7 nitrogen and oxygen atoms in total. The SMILES string of the molecule is CC[S@@](=O)c1ccccc1C(=O)O[C@@H](C)C(=O)NCc1ccc2c(c1)OCO2. The summed E-state index contributed by atoms with van der Waals surface area (Å²) in [5, 5.41) is 2.72. The van der Waals surface area contributed by atoms with Crippen LogP contribution in [-0.4, -0.2) is 34.7 Å². The zero-order valence-electron chi connectivity index (χ0n) is 15.6. The van der Waals surface area contributed by atoms with Gasteiger partial charge in [-0.1, -0.05) is 25.1 Å². The molecule has 0 radical (unpaired) electrons. The van der Waals surface area contributed by atoms with E-state index in [1.165, 1.54) is 6.92 Å². The second kappa shape index (κ2) is 8.88. The Balaban J connectivity index is 1.58. The molecule has 148 valence electrons. The van der Waals surface area contributed by atoms with E-state index in [9.17, 15) is 13.8 Å². The van der Waals surface area contributed by atoms with Crippen LogP contribution in [0.2, 0.25) is 0 Å². The van der Waals surface area contributed by atoms with E-state index in [1.807, 2.05) is 6.07 Å². The smallest absolute Gasteiger partial charge is 0.340 e. The van der Waals surface area contributed by atoms with E-state index >= 15 is 0 Å². The molecule has 28 heavy (non-hydrogen) atoms. The Bertz CT molecular complexity index is 913. The van der Waals surface area contributed by atoms with Gasteiger partial charge in [-0.25, -0.2) is 4.79 Å². The minimum atomic E-state index is -1.30. The van der Waals surface area contributed by atoms with Crippen molar-refractivity contribution in [3.05, 3.63) is 53.6 Å². The Morgan fingerprint density at radius 1 is 1.18 bits per heavy atom. The molecule has 2 aromatic rings. The van der Waals surface area contributed by atoms with Crippen LogP contribution in [0.5, 0.6) is 11.5 Å². The zero-order chi connectivity index (χ0) is 20.1. The molecule has 3 rings (SSSR count). The number of nitrogens with one attached hydrogen (secondary N) is 1. The normalized spacial score (nSPS) is 14.2. The summed E-state index contributed by atoms with van der Waals surface area (Å²) in [6, 6.07) is 11.9. The topological polar surface area (TPSA) is 90.9 Å². The third-order valence-corrected chi connectivity index (χ3v) is 5.54. The van der Waals surface area contributed by atoms with Gasteiger partial charge in [-0.15, -0.1) is 0 Å². The molecular formula is C20H21NO6S. The largest absolute Gasteiger partial charge is 0.454 e. The first kappa shape index (κ1) is 19.9. The third-order valence-electron chi connectivity index (χ3n) is 4.17. The standard InChI is InChI=1S/C20H21NO6S/c1-3-28(24)18-7-5-4-6-15(18)20(23)27-13(2)19(22)21-11-14-8-9-16-17(10-14)26-12-25-16/h4-10,13H,3,11-12H2,1-2H3,(H,21,22)/t13-,28+/m0/s1. The van der Waals surface area contributed by atoms with Crippen molar-refractivity contribution in [2.75, 3.05) is 12.5 Å². The second-order valence-electron chi connectivity index (χ2n) is 6.08. The first-order valence-electron chi connectivity index (χ1n) is 8.84. The summed E-state index contributed by atoms with van der Waals surface area (Å²) in [6.07, 6.45) is -0.996. The van der Waals surface area contributed by atoms with Crippen LogP contribution in [0.25, 0.3) is 0 Å². The maximum absolute atomic E-state index is 12.4. The van der Waals surface area contributed by atoms with E-state index in [0.29, 0.717) is 22.1 Å². The van der Waals surface area contributed by atoms with Gasteiger partial charge in [0.25, 0.3) is 5.91 Å². The Labute approximate surface area is 165 Å². The highest BCUT2D eigenvalue weighted by atomic mass is 32.2. The van der Waals surface area contributed by atoms with Crippen molar-refractivity contribution in [2.24, 2.45) is 0 Å².